The van der Waals surface area contributed by atoms with E-state index in [1.165, 1.54) is 6.92 Å². The van der Waals surface area contributed by atoms with Crippen LogP contribution >= 0.6 is 0 Å². The number of carboxylic acid groups (broad SMARTS) is 1. The minimum atomic E-state index is -4.27. The molecule has 6 nitrogen and oxygen atoms in total. The number of carboxylic acids is 1. The predicted molar refractivity (Wildman–Crippen MR) is 87.0 cm³/mol. The van der Waals surface area contributed by atoms with Crippen molar-refractivity contribution in [2.24, 2.45) is 0 Å². The van der Waals surface area contributed by atoms with Crippen LogP contribution in [0, 0.1) is 0 Å². The Labute approximate surface area is 145 Å². The van der Waals surface area contributed by atoms with Crippen molar-refractivity contribution in [1.82, 2.24) is 12.3 Å². The maximum atomic E-state index is 11.7. The first-order chi connectivity index (χ1) is 10.4. The third kappa shape index (κ3) is 16.9. The number of carbonyl (C=O) groups excluding carboxylic acids is 1. The van der Waals surface area contributed by atoms with E-state index in [-0.39, 0.29) is 25.1 Å². The number of rotatable bonds is 6. The number of carbonyl (C=O) groups is 1. The van der Waals surface area contributed by atoms with Crippen LogP contribution in [0.5, 0.6) is 0 Å². The summed E-state index contributed by atoms with van der Waals surface area (Å²) in [6, 6.07) is 9.36. The molecule has 0 saturated carbocycles. The van der Waals surface area contributed by atoms with Crippen LogP contribution in [0.15, 0.2) is 30.3 Å². The van der Waals surface area contributed by atoms with Crippen LogP contribution in [-0.4, -0.2) is 22.9 Å². The topological polar surface area (TPSA) is 156 Å². The van der Waals surface area contributed by atoms with Gasteiger partial charge in [0.15, 0.2) is 0 Å². The maximum absolute atomic E-state index is 11.7. The van der Waals surface area contributed by atoms with Crippen molar-refractivity contribution in [1.29, 1.82) is 0 Å². The lowest BCUT2D eigenvalue weighted by Crippen LogP contribution is -2.35. The average Bonchev–Trinajstić information content (AvgIpc) is 2.37. The third-order valence-corrected chi connectivity index (χ3v) is 2.97. The van der Waals surface area contributed by atoms with E-state index in [9.17, 15) is 33.3 Å². The number of aliphatic carboxylic acids is 1. The standard InChI is InChI=1S/C8H13F3O3.C8H9O.2H3N/c1-7(14,5-6(12)13)3-2-4-8(9,10)11;1-7(9)8-5-3-2-4-6-8;;/h14H,2-5H2,1H3,(H,12,13);2-7H,1H3;2*1H3/q;-1;;/p+1/t2*7-;;/m01../s1. The van der Waals surface area contributed by atoms with Gasteiger partial charge in [0.05, 0.1) is 5.60 Å². The maximum Gasteiger partial charge on any atom is 0.389 e. The third-order valence-electron chi connectivity index (χ3n) is 2.97. The van der Waals surface area contributed by atoms with Gasteiger partial charge in [0.1, 0.15) is 0 Å². The van der Waals surface area contributed by atoms with E-state index in [2.05, 4.69) is 0 Å². The van der Waals surface area contributed by atoms with Crippen molar-refractivity contribution < 1.29 is 33.3 Å². The summed E-state index contributed by atoms with van der Waals surface area (Å²) in [6.07, 6.45) is -7.02. The summed E-state index contributed by atoms with van der Waals surface area (Å²) >= 11 is 0. The van der Waals surface area contributed by atoms with Crippen LogP contribution in [-0.2, 0) is 4.79 Å². The molecule has 0 unspecified atom stereocenters. The second-order valence-corrected chi connectivity index (χ2v) is 5.57. The second-order valence-electron chi connectivity index (χ2n) is 5.57. The van der Waals surface area contributed by atoms with Crippen LogP contribution < -0.4 is 22.5 Å². The van der Waals surface area contributed by atoms with Gasteiger partial charge in [0, 0.05) is 18.8 Å². The Hall–Kier alpha value is -1.68. The monoisotopic (exact) mass is 370 g/mol. The first-order valence-corrected chi connectivity index (χ1v) is 7.13. The van der Waals surface area contributed by atoms with Gasteiger partial charge in [-0.05, 0) is 19.8 Å². The van der Waals surface area contributed by atoms with E-state index in [0.29, 0.717) is 0 Å². The SMILES string of the molecule is C[C@@H]([O-])c1ccccc1.C[C@](O)(CCCC(F)(F)F)CC(=O)[O-].[NH4+].[NH4+]. The molecule has 0 saturated heterocycles. The molecule has 0 fully saturated rings. The van der Waals surface area contributed by atoms with Crippen molar-refractivity contribution >= 4 is 5.97 Å². The minimum absolute atomic E-state index is 0. The molecule has 0 aliphatic heterocycles. The first-order valence-electron chi connectivity index (χ1n) is 7.13. The molecule has 148 valence electrons. The van der Waals surface area contributed by atoms with Gasteiger partial charge in [0.2, 0.25) is 0 Å². The lowest BCUT2D eigenvalue weighted by Gasteiger charge is -2.23. The minimum Gasteiger partial charge on any atom is -0.849 e. The molecule has 0 spiro atoms. The summed E-state index contributed by atoms with van der Waals surface area (Å²) in [5.74, 6) is -1.47. The highest BCUT2D eigenvalue weighted by molar-refractivity contribution is 5.65. The van der Waals surface area contributed by atoms with Crippen molar-refractivity contribution in [3.8, 4) is 0 Å². The Morgan fingerprint density at radius 1 is 1.16 bits per heavy atom. The zero-order chi connectivity index (χ0) is 18.1. The summed E-state index contributed by atoms with van der Waals surface area (Å²) in [5.41, 5.74) is -0.762. The quantitative estimate of drug-likeness (QED) is 0.703. The molecule has 1 aromatic carbocycles. The lowest BCUT2D eigenvalue weighted by molar-refractivity contribution is -0.420. The van der Waals surface area contributed by atoms with E-state index < -0.39 is 36.7 Å². The van der Waals surface area contributed by atoms with Crippen LogP contribution in [0.4, 0.5) is 13.2 Å². The van der Waals surface area contributed by atoms with Gasteiger partial charge in [-0.25, -0.2) is 0 Å². The van der Waals surface area contributed by atoms with E-state index in [1.54, 1.807) is 6.92 Å². The molecule has 0 aliphatic rings. The highest BCUT2D eigenvalue weighted by Crippen LogP contribution is 2.25. The molecule has 0 aromatic heterocycles. The van der Waals surface area contributed by atoms with Crippen LogP contribution in [0.1, 0.15) is 51.2 Å². The van der Waals surface area contributed by atoms with Crippen LogP contribution in [0.2, 0.25) is 0 Å². The van der Waals surface area contributed by atoms with Crippen molar-refractivity contribution in [3.05, 3.63) is 35.9 Å². The number of alkyl halides is 3. The van der Waals surface area contributed by atoms with E-state index in [1.807, 2.05) is 30.3 Å². The summed E-state index contributed by atoms with van der Waals surface area (Å²) in [6.45, 7) is 2.83. The number of aliphatic hydroxyl groups is 1. The van der Waals surface area contributed by atoms with Gasteiger partial charge in [-0.3, -0.25) is 0 Å². The van der Waals surface area contributed by atoms with Gasteiger partial charge < -0.3 is 32.4 Å². The molecule has 9 N–H and O–H groups in total. The molecule has 2 atom stereocenters. The number of benzene rings is 1. The molecule has 0 radical (unpaired) electrons. The van der Waals surface area contributed by atoms with Crippen molar-refractivity contribution in [3.63, 3.8) is 0 Å². The molecular weight excluding hydrogens is 341 g/mol. The molecule has 9 heteroatoms. The first kappa shape index (κ1) is 28.1. The normalized spacial score (nSPS) is 13.9. The second kappa shape index (κ2) is 12.6. The molecule has 1 aromatic rings. The molecule has 0 heterocycles. The van der Waals surface area contributed by atoms with E-state index in [0.717, 1.165) is 5.56 Å². The zero-order valence-corrected chi connectivity index (χ0v) is 15.1. The Morgan fingerprint density at radius 3 is 1.96 bits per heavy atom. The molecule has 0 aliphatic carbocycles. The zero-order valence-electron chi connectivity index (χ0n) is 15.1. The summed E-state index contributed by atoms with van der Waals surface area (Å²) < 4.78 is 35.0. The lowest BCUT2D eigenvalue weighted by atomic mass is 9.95. The Kier molecular flexibility index (Phi) is 14.2. The largest absolute Gasteiger partial charge is 0.849 e. The van der Waals surface area contributed by atoms with Gasteiger partial charge in [-0.15, -0.1) is 6.10 Å². The van der Waals surface area contributed by atoms with Gasteiger partial charge in [-0.1, -0.05) is 42.8 Å². The Morgan fingerprint density at radius 2 is 1.64 bits per heavy atom. The van der Waals surface area contributed by atoms with Gasteiger partial charge in [-0.2, -0.15) is 13.2 Å². The fraction of sp³-hybridized carbons (Fsp3) is 0.562. The average molecular weight is 370 g/mol. The highest BCUT2D eigenvalue weighted by atomic mass is 19.4. The van der Waals surface area contributed by atoms with Crippen LogP contribution in [0.25, 0.3) is 0 Å². The fourth-order valence-corrected chi connectivity index (χ4v) is 1.79. The molecular formula is C16H29F3N2O4. The summed E-state index contributed by atoms with van der Waals surface area (Å²) in [5, 5.41) is 30.1. The van der Waals surface area contributed by atoms with Crippen LogP contribution in [0.3, 0.4) is 0 Å². The smallest absolute Gasteiger partial charge is 0.389 e. The van der Waals surface area contributed by atoms with Gasteiger partial charge in [0.25, 0.3) is 0 Å². The highest BCUT2D eigenvalue weighted by Gasteiger charge is 2.28. The predicted octanol–water partition coefficient (Wildman–Crippen LogP) is 2.47. The van der Waals surface area contributed by atoms with E-state index >= 15 is 0 Å². The molecule has 1 rings (SSSR count). The van der Waals surface area contributed by atoms with Crippen molar-refractivity contribution in [2.45, 2.75) is 57.4 Å². The summed E-state index contributed by atoms with van der Waals surface area (Å²) in [4.78, 5) is 10.1. The number of hydrogen-bond acceptors (Lipinski definition) is 4. The number of halogens is 3. The Balaban J connectivity index is -0.000000384. The number of hydrogen-bond donors (Lipinski definition) is 3. The summed E-state index contributed by atoms with van der Waals surface area (Å²) in [7, 11) is 0. The molecule has 25 heavy (non-hydrogen) atoms. The molecule has 0 bridgehead atoms. The van der Waals surface area contributed by atoms with E-state index in [4.69, 9.17) is 0 Å². The van der Waals surface area contributed by atoms with Crippen molar-refractivity contribution in [2.75, 3.05) is 0 Å². The molecule has 0 amide bonds. The number of quaternary nitrogens is 2. The Bertz CT molecular complexity index is 466. The van der Waals surface area contributed by atoms with Gasteiger partial charge >= 0.3 is 6.18 Å². The fourth-order valence-electron chi connectivity index (χ4n) is 1.79.